The van der Waals surface area contributed by atoms with Gasteiger partial charge in [0.15, 0.2) is 0 Å². The summed E-state index contributed by atoms with van der Waals surface area (Å²) in [6.07, 6.45) is -0.109. The van der Waals surface area contributed by atoms with Crippen LogP contribution in [0, 0.1) is 0 Å². The number of carboxylic acids is 1. The van der Waals surface area contributed by atoms with Crippen molar-refractivity contribution in [2.45, 2.75) is 30.9 Å². The van der Waals surface area contributed by atoms with Crippen LogP contribution in [0.25, 0.3) is 0 Å². The molecule has 25 heavy (non-hydrogen) atoms. The van der Waals surface area contributed by atoms with Crippen LogP contribution in [0.2, 0.25) is 5.02 Å². The lowest BCUT2D eigenvalue weighted by atomic mass is 9.65. The Morgan fingerprint density at radius 1 is 1.16 bits per heavy atom. The Balaban J connectivity index is 1.59. The third-order valence-corrected chi connectivity index (χ3v) is 4.71. The van der Waals surface area contributed by atoms with E-state index in [4.69, 9.17) is 16.3 Å². The molecule has 0 saturated heterocycles. The van der Waals surface area contributed by atoms with Crippen LogP contribution in [0.5, 0.6) is 0 Å². The molecular weight excluding hydrogens is 342 g/mol. The summed E-state index contributed by atoms with van der Waals surface area (Å²) in [6.45, 7) is 0.0973. The molecule has 1 fully saturated rings. The minimum absolute atomic E-state index is 0.0456. The monoisotopic (exact) mass is 359 g/mol. The first-order chi connectivity index (χ1) is 12.0. The van der Waals surface area contributed by atoms with Gasteiger partial charge in [0.2, 0.25) is 0 Å². The van der Waals surface area contributed by atoms with Crippen LogP contribution < -0.4 is 5.32 Å². The molecule has 1 aliphatic carbocycles. The molecule has 0 spiro atoms. The van der Waals surface area contributed by atoms with E-state index in [0.717, 1.165) is 11.1 Å². The predicted molar refractivity (Wildman–Crippen MR) is 93.6 cm³/mol. The van der Waals surface area contributed by atoms with E-state index in [2.05, 4.69) is 5.32 Å². The maximum Gasteiger partial charge on any atom is 0.408 e. The molecular formula is C19H18ClNO4. The highest BCUT2D eigenvalue weighted by molar-refractivity contribution is 6.30. The third-order valence-electron chi connectivity index (χ3n) is 4.47. The zero-order valence-electron chi connectivity index (χ0n) is 13.4. The van der Waals surface area contributed by atoms with Crippen molar-refractivity contribution in [3.05, 3.63) is 70.7 Å². The first-order valence-electron chi connectivity index (χ1n) is 7.96. The lowest BCUT2D eigenvalue weighted by Gasteiger charge is -2.44. The second-order valence-electron chi connectivity index (χ2n) is 6.23. The quantitative estimate of drug-likeness (QED) is 0.847. The Labute approximate surface area is 150 Å². The molecule has 0 heterocycles. The standard InChI is InChI=1S/C19H18ClNO4/c20-16-8-4-7-14(9-16)15-10-19(11-15,17(22)23)21-18(24)25-12-13-5-2-1-3-6-13/h1-9,15H,10-12H2,(H,21,24)(H,22,23). The number of hydrogen-bond donors (Lipinski definition) is 2. The second kappa shape index (κ2) is 7.15. The Morgan fingerprint density at radius 3 is 2.52 bits per heavy atom. The first-order valence-corrected chi connectivity index (χ1v) is 8.34. The predicted octanol–water partition coefficient (Wildman–Crippen LogP) is 3.97. The lowest BCUT2D eigenvalue weighted by molar-refractivity contribution is -0.149. The van der Waals surface area contributed by atoms with Gasteiger partial charge in [-0.25, -0.2) is 9.59 Å². The summed E-state index contributed by atoms with van der Waals surface area (Å²) in [5.74, 6) is -1.01. The van der Waals surface area contributed by atoms with E-state index in [1.54, 1.807) is 6.07 Å². The van der Waals surface area contributed by atoms with E-state index in [9.17, 15) is 14.7 Å². The molecule has 2 N–H and O–H groups in total. The smallest absolute Gasteiger partial charge is 0.408 e. The molecule has 6 heteroatoms. The fraction of sp³-hybridized carbons (Fsp3) is 0.263. The lowest BCUT2D eigenvalue weighted by Crippen LogP contribution is -2.61. The molecule has 0 bridgehead atoms. The van der Waals surface area contributed by atoms with E-state index < -0.39 is 17.6 Å². The minimum Gasteiger partial charge on any atom is -0.480 e. The minimum atomic E-state index is -1.29. The van der Waals surface area contributed by atoms with Crippen LogP contribution in [0.15, 0.2) is 54.6 Å². The normalized spacial score (nSPS) is 21.9. The number of alkyl carbamates (subject to hydrolysis) is 1. The number of amides is 1. The number of carboxylic acid groups (broad SMARTS) is 1. The highest BCUT2D eigenvalue weighted by atomic mass is 35.5. The van der Waals surface area contributed by atoms with E-state index in [1.165, 1.54) is 0 Å². The van der Waals surface area contributed by atoms with Crippen LogP contribution in [0.4, 0.5) is 4.79 Å². The van der Waals surface area contributed by atoms with E-state index in [-0.39, 0.29) is 12.5 Å². The second-order valence-corrected chi connectivity index (χ2v) is 6.67. The van der Waals surface area contributed by atoms with Crippen LogP contribution in [0.3, 0.4) is 0 Å². The van der Waals surface area contributed by atoms with Crippen LogP contribution in [-0.4, -0.2) is 22.7 Å². The largest absolute Gasteiger partial charge is 0.480 e. The molecule has 0 radical (unpaired) electrons. The summed E-state index contributed by atoms with van der Waals surface area (Å²) in [6, 6.07) is 16.6. The highest BCUT2D eigenvalue weighted by Crippen LogP contribution is 2.45. The maximum absolute atomic E-state index is 12.0. The van der Waals surface area contributed by atoms with Crippen molar-refractivity contribution in [1.82, 2.24) is 5.32 Å². The van der Waals surface area contributed by atoms with Gasteiger partial charge in [-0.3, -0.25) is 0 Å². The average molecular weight is 360 g/mol. The number of benzene rings is 2. The van der Waals surface area contributed by atoms with Crippen LogP contribution >= 0.6 is 11.6 Å². The fourth-order valence-electron chi connectivity index (χ4n) is 3.06. The Bertz CT molecular complexity index is 772. The topological polar surface area (TPSA) is 75.6 Å². The third kappa shape index (κ3) is 3.94. The fourth-order valence-corrected chi connectivity index (χ4v) is 3.26. The number of nitrogens with one attached hydrogen (secondary N) is 1. The van der Waals surface area contributed by atoms with Crippen LogP contribution in [-0.2, 0) is 16.1 Å². The zero-order chi connectivity index (χ0) is 17.9. The van der Waals surface area contributed by atoms with E-state index in [0.29, 0.717) is 17.9 Å². The Morgan fingerprint density at radius 2 is 1.88 bits per heavy atom. The van der Waals surface area contributed by atoms with E-state index >= 15 is 0 Å². The molecule has 0 unspecified atom stereocenters. The number of hydrogen-bond acceptors (Lipinski definition) is 3. The molecule has 0 atom stereocenters. The molecule has 1 amide bonds. The molecule has 5 nitrogen and oxygen atoms in total. The maximum atomic E-state index is 12.0. The van der Waals surface area contributed by atoms with Gasteiger partial charge in [-0.2, -0.15) is 0 Å². The summed E-state index contributed by atoms with van der Waals surface area (Å²) < 4.78 is 5.14. The van der Waals surface area contributed by atoms with Crippen LogP contribution in [0.1, 0.15) is 29.9 Å². The SMILES string of the molecule is O=C(NC1(C(=O)O)CC(c2cccc(Cl)c2)C1)OCc1ccccc1. The van der Waals surface area contributed by atoms with Gasteiger partial charge in [0.1, 0.15) is 12.1 Å². The summed E-state index contributed by atoms with van der Waals surface area (Å²) in [7, 11) is 0. The van der Waals surface area contributed by atoms with Gasteiger partial charge in [0, 0.05) is 5.02 Å². The van der Waals surface area contributed by atoms with Gasteiger partial charge >= 0.3 is 12.1 Å². The summed E-state index contributed by atoms with van der Waals surface area (Å²) in [4.78, 5) is 23.7. The summed E-state index contributed by atoms with van der Waals surface area (Å²) >= 11 is 5.98. The van der Waals surface area contributed by atoms with Crippen molar-refractivity contribution in [2.75, 3.05) is 0 Å². The van der Waals surface area contributed by atoms with Crippen molar-refractivity contribution >= 4 is 23.7 Å². The van der Waals surface area contributed by atoms with Crippen molar-refractivity contribution in [1.29, 1.82) is 0 Å². The molecule has 0 aromatic heterocycles. The van der Waals surface area contributed by atoms with Crippen molar-refractivity contribution in [2.24, 2.45) is 0 Å². The van der Waals surface area contributed by atoms with E-state index in [1.807, 2.05) is 48.5 Å². The van der Waals surface area contributed by atoms with Gasteiger partial charge in [-0.05, 0) is 42.0 Å². The Hall–Kier alpha value is -2.53. The van der Waals surface area contributed by atoms with Gasteiger partial charge in [0.25, 0.3) is 0 Å². The highest BCUT2D eigenvalue weighted by Gasteiger charge is 2.52. The molecule has 1 aliphatic rings. The molecule has 2 aromatic rings. The molecule has 1 saturated carbocycles. The summed E-state index contributed by atoms with van der Waals surface area (Å²) in [5, 5.41) is 12.7. The van der Waals surface area contributed by atoms with Crippen molar-refractivity contribution < 1.29 is 19.4 Å². The first kappa shape index (κ1) is 17.3. The van der Waals surface area contributed by atoms with Gasteiger partial charge < -0.3 is 15.2 Å². The summed E-state index contributed by atoms with van der Waals surface area (Å²) in [5.41, 5.74) is 0.525. The average Bonchev–Trinajstić information content (AvgIpc) is 2.56. The van der Waals surface area contributed by atoms with Crippen molar-refractivity contribution in [3.8, 4) is 0 Å². The number of carbonyl (C=O) groups is 2. The molecule has 2 aromatic carbocycles. The molecule has 130 valence electrons. The van der Waals surface area contributed by atoms with Gasteiger partial charge in [0.05, 0.1) is 0 Å². The van der Waals surface area contributed by atoms with Gasteiger partial charge in [-0.15, -0.1) is 0 Å². The number of aliphatic carboxylic acids is 1. The molecule has 3 rings (SSSR count). The number of ether oxygens (including phenoxy) is 1. The van der Waals surface area contributed by atoms with Crippen molar-refractivity contribution in [3.63, 3.8) is 0 Å². The Kier molecular flexibility index (Phi) is 4.95. The zero-order valence-corrected chi connectivity index (χ0v) is 14.2. The number of halogens is 1. The molecule has 0 aliphatic heterocycles. The number of carbonyl (C=O) groups excluding carboxylic acids is 1. The van der Waals surface area contributed by atoms with Gasteiger partial charge in [-0.1, -0.05) is 54.1 Å². The number of rotatable bonds is 5.